The van der Waals surface area contributed by atoms with E-state index in [1.54, 1.807) is 7.11 Å². The van der Waals surface area contributed by atoms with Crippen molar-refractivity contribution in [3.8, 4) is 11.8 Å². The fourth-order valence-corrected chi connectivity index (χ4v) is 3.25. The number of nitrogens with zero attached hydrogens (tertiary/aromatic N) is 1. The summed E-state index contributed by atoms with van der Waals surface area (Å²) >= 11 is 0. The fourth-order valence-electron chi connectivity index (χ4n) is 3.25. The van der Waals surface area contributed by atoms with E-state index in [1.807, 2.05) is 6.07 Å². The van der Waals surface area contributed by atoms with Gasteiger partial charge < -0.3 is 4.74 Å². The molecule has 2 heteroatoms. The van der Waals surface area contributed by atoms with Crippen LogP contribution in [0.4, 0.5) is 0 Å². The molecular weight excluding hydrogens is 246 g/mol. The molecule has 1 saturated carbocycles. The number of rotatable bonds is 4. The number of benzene rings is 1. The van der Waals surface area contributed by atoms with Crippen molar-refractivity contribution in [2.75, 3.05) is 7.11 Å². The lowest BCUT2D eigenvalue weighted by atomic mass is 9.76. The van der Waals surface area contributed by atoms with Crippen molar-refractivity contribution in [2.24, 2.45) is 5.92 Å². The lowest BCUT2D eigenvalue weighted by molar-refractivity contribution is 0.327. The van der Waals surface area contributed by atoms with Crippen LogP contribution in [0, 0.1) is 17.2 Å². The molecule has 1 aliphatic carbocycles. The predicted molar refractivity (Wildman–Crippen MR) is 82.0 cm³/mol. The Hall–Kier alpha value is -1.49. The average molecular weight is 271 g/mol. The molecule has 2 nitrogen and oxygen atoms in total. The molecule has 0 N–H and O–H groups in total. The van der Waals surface area contributed by atoms with Gasteiger partial charge in [0, 0.05) is 5.56 Å². The van der Waals surface area contributed by atoms with E-state index in [2.05, 4.69) is 32.0 Å². The normalized spacial score (nSPS) is 17.8. The van der Waals surface area contributed by atoms with Gasteiger partial charge in [-0.1, -0.05) is 45.2 Å². The van der Waals surface area contributed by atoms with Crippen LogP contribution in [0.25, 0.3) is 0 Å². The van der Waals surface area contributed by atoms with Gasteiger partial charge in [0.15, 0.2) is 0 Å². The van der Waals surface area contributed by atoms with E-state index in [0.29, 0.717) is 11.8 Å². The summed E-state index contributed by atoms with van der Waals surface area (Å²) in [4.78, 5) is 0. The number of ether oxygens (including phenoxy) is 1. The second-order valence-corrected chi connectivity index (χ2v) is 6.16. The second kappa shape index (κ2) is 6.79. The maximum atomic E-state index is 9.68. The van der Waals surface area contributed by atoms with Crippen molar-refractivity contribution in [3.63, 3.8) is 0 Å². The van der Waals surface area contributed by atoms with Crippen LogP contribution in [0.5, 0.6) is 5.75 Å². The molecular formula is C18H25NO. The van der Waals surface area contributed by atoms with Crippen molar-refractivity contribution in [2.45, 2.75) is 57.8 Å². The molecule has 0 aliphatic heterocycles. The molecule has 1 fully saturated rings. The largest absolute Gasteiger partial charge is 0.496 e. The first-order chi connectivity index (χ1) is 9.67. The van der Waals surface area contributed by atoms with Gasteiger partial charge in [0.25, 0.3) is 0 Å². The average Bonchev–Trinajstić information content (AvgIpc) is 2.49. The zero-order chi connectivity index (χ0) is 14.5. The third kappa shape index (κ3) is 3.15. The van der Waals surface area contributed by atoms with Crippen molar-refractivity contribution in [1.82, 2.24) is 0 Å². The van der Waals surface area contributed by atoms with E-state index in [1.165, 1.54) is 37.7 Å². The van der Waals surface area contributed by atoms with E-state index < -0.39 is 0 Å². The van der Waals surface area contributed by atoms with Crippen LogP contribution in [-0.2, 0) is 0 Å². The van der Waals surface area contributed by atoms with Crippen LogP contribution in [0.1, 0.15) is 68.9 Å². The van der Waals surface area contributed by atoms with Crippen molar-refractivity contribution in [1.29, 1.82) is 5.26 Å². The smallest absolute Gasteiger partial charge is 0.123 e. The number of methoxy groups -OCH3 is 1. The Kier molecular flexibility index (Phi) is 5.06. The molecule has 1 aromatic carbocycles. The van der Waals surface area contributed by atoms with E-state index in [9.17, 15) is 5.26 Å². The van der Waals surface area contributed by atoms with Crippen molar-refractivity contribution < 1.29 is 4.74 Å². The Balaban J connectivity index is 2.36. The first-order valence-electron chi connectivity index (χ1n) is 7.74. The van der Waals surface area contributed by atoms with Crippen LogP contribution in [0.3, 0.4) is 0 Å². The zero-order valence-corrected chi connectivity index (χ0v) is 12.9. The van der Waals surface area contributed by atoms with Crippen LogP contribution < -0.4 is 4.74 Å². The molecule has 0 bridgehead atoms. The quantitative estimate of drug-likeness (QED) is 0.771. The van der Waals surface area contributed by atoms with Gasteiger partial charge in [-0.05, 0) is 36.3 Å². The van der Waals surface area contributed by atoms with Gasteiger partial charge in [0.1, 0.15) is 5.75 Å². The molecule has 0 amide bonds. The molecule has 0 saturated heterocycles. The molecule has 0 spiro atoms. The van der Waals surface area contributed by atoms with E-state index in [4.69, 9.17) is 4.74 Å². The molecule has 0 radical (unpaired) electrons. The van der Waals surface area contributed by atoms with Crippen molar-refractivity contribution in [3.05, 3.63) is 29.3 Å². The molecule has 108 valence electrons. The van der Waals surface area contributed by atoms with E-state index in [0.717, 1.165) is 11.3 Å². The SMILES string of the molecule is COc1ccc(C(C)C)cc1C(C#N)C1CCCCC1. The monoisotopic (exact) mass is 271 g/mol. The Labute approximate surface area is 122 Å². The molecule has 20 heavy (non-hydrogen) atoms. The van der Waals surface area contributed by atoms with Gasteiger partial charge in [0.2, 0.25) is 0 Å². The van der Waals surface area contributed by atoms with Gasteiger partial charge in [0.05, 0.1) is 19.1 Å². The maximum Gasteiger partial charge on any atom is 0.123 e. The summed E-state index contributed by atoms with van der Waals surface area (Å²) in [6, 6.07) is 8.87. The summed E-state index contributed by atoms with van der Waals surface area (Å²) in [5.74, 6) is 1.81. The topological polar surface area (TPSA) is 33.0 Å². The molecule has 0 heterocycles. The standard InChI is InChI=1S/C18H25NO/c1-13(2)15-9-10-18(20-3)16(11-15)17(12-19)14-7-5-4-6-8-14/h9-11,13-14,17H,4-8H2,1-3H3. The molecule has 1 atom stereocenters. The fraction of sp³-hybridized carbons (Fsp3) is 0.611. The molecule has 2 rings (SSSR count). The van der Waals surface area contributed by atoms with Gasteiger partial charge in [-0.2, -0.15) is 5.26 Å². The minimum atomic E-state index is -0.0241. The number of hydrogen-bond donors (Lipinski definition) is 0. The van der Waals surface area contributed by atoms with Crippen LogP contribution in [-0.4, -0.2) is 7.11 Å². The number of hydrogen-bond acceptors (Lipinski definition) is 2. The highest BCUT2D eigenvalue weighted by Crippen LogP contribution is 2.40. The van der Waals surface area contributed by atoms with Crippen LogP contribution in [0.15, 0.2) is 18.2 Å². The first-order valence-corrected chi connectivity index (χ1v) is 7.74. The third-order valence-corrected chi connectivity index (χ3v) is 4.52. The summed E-state index contributed by atoms with van der Waals surface area (Å²) in [6.45, 7) is 4.38. The maximum absolute atomic E-state index is 9.68. The highest BCUT2D eigenvalue weighted by Gasteiger charge is 2.27. The lowest BCUT2D eigenvalue weighted by Gasteiger charge is -2.27. The minimum absolute atomic E-state index is 0.0241. The third-order valence-electron chi connectivity index (χ3n) is 4.52. The Morgan fingerprint density at radius 3 is 2.45 bits per heavy atom. The van der Waals surface area contributed by atoms with Gasteiger partial charge >= 0.3 is 0 Å². The number of nitriles is 1. The van der Waals surface area contributed by atoms with Crippen LogP contribution in [0.2, 0.25) is 0 Å². The Morgan fingerprint density at radius 2 is 1.90 bits per heavy atom. The van der Waals surface area contributed by atoms with E-state index in [-0.39, 0.29) is 5.92 Å². The zero-order valence-electron chi connectivity index (χ0n) is 12.9. The first kappa shape index (κ1) is 14.9. The molecule has 0 aromatic heterocycles. The highest BCUT2D eigenvalue weighted by atomic mass is 16.5. The summed E-state index contributed by atoms with van der Waals surface area (Å²) in [5.41, 5.74) is 2.38. The van der Waals surface area contributed by atoms with Crippen molar-refractivity contribution >= 4 is 0 Å². The van der Waals surface area contributed by atoms with Gasteiger partial charge in [-0.3, -0.25) is 0 Å². The van der Waals surface area contributed by atoms with E-state index >= 15 is 0 Å². The summed E-state index contributed by atoms with van der Waals surface area (Å²) in [7, 11) is 1.70. The Morgan fingerprint density at radius 1 is 1.20 bits per heavy atom. The van der Waals surface area contributed by atoms with Gasteiger partial charge in [-0.25, -0.2) is 0 Å². The Bertz CT molecular complexity index is 481. The van der Waals surface area contributed by atoms with Gasteiger partial charge in [-0.15, -0.1) is 0 Å². The lowest BCUT2D eigenvalue weighted by Crippen LogP contribution is -2.16. The highest BCUT2D eigenvalue weighted by molar-refractivity contribution is 5.43. The molecule has 1 aliphatic rings. The summed E-state index contributed by atoms with van der Waals surface area (Å²) < 4.78 is 5.50. The minimum Gasteiger partial charge on any atom is -0.496 e. The second-order valence-electron chi connectivity index (χ2n) is 6.16. The summed E-state index contributed by atoms with van der Waals surface area (Å²) in [5, 5.41) is 9.68. The summed E-state index contributed by atoms with van der Waals surface area (Å²) in [6.07, 6.45) is 6.18. The molecule has 1 aromatic rings. The predicted octanol–water partition coefficient (Wildman–Crippen LogP) is 5.01. The molecule has 1 unspecified atom stereocenters. The van der Waals surface area contributed by atoms with Crippen LogP contribution >= 0.6 is 0 Å².